The van der Waals surface area contributed by atoms with E-state index in [4.69, 9.17) is 18.9 Å². The Morgan fingerprint density at radius 2 is 1.46 bits per heavy atom. The number of para-hydroxylation sites is 1. The van der Waals surface area contributed by atoms with Gasteiger partial charge in [-0.15, -0.1) is 0 Å². The van der Waals surface area contributed by atoms with Crippen LogP contribution in [0.4, 0.5) is 10.5 Å². The van der Waals surface area contributed by atoms with E-state index >= 15 is 0 Å². The third-order valence-electron chi connectivity index (χ3n) is 6.68. The molecule has 9 nitrogen and oxygen atoms in total. The molecule has 4 unspecified atom stereocenters. The van der Waals surface area contributed by atoms with Gasteiger partial charge in [0.25, 0.3) is 0 Å². The van der Waals surface area contributed by atoms with Gasteiger partial charge in [0.05, 0.1) is 24.2 Å². The maximum atomic E-state index is 13.1. The van der Waals surface area contributed by atoms with Crippen LogP contribution in [0.25, 0.3) is 10.8 Å². The first-order valence-corrected chi connectivity index (χ1v) is 14.0. The zero-order valence-electron chi connectivity index (χ0n) is 20.7. The highest BCUT2D eigenvalue weighted by Crippen LogP contribution is 2.31. The van der Waals surface area contributed by atoms with Gasteiger partial charge in [-0.25, -0.2) is 17.9 Å². The van der Waals surface area contributed by atoms with Crippen molar-refractivity contribution in [2.24, 2.45) is 0 Å². The lowest BCUT2D eigenvalue weighted by Crippen LogP contribution is -2.44. The highest BCUT2D eigenvalue weighted by molar-refractivity contribution is 7.89. The number of rotatable bonds is 7. The molecule has 39 heavy (non-hydrogen) atoms. The molecule has 2 aliphatic rings. The molecule has 200 valence electrons. The van der Waals surface area contributed by atoms with Crippen LogP contribution in [0.3, 0.4) is 0 Å². The Hall–Kier alpha value is -3.96. The number of sulfonamides is 1. The monoisotopic (exact) mass is 546 g/mol. The predicted octanol–water partition coefficient (Wildman–Crippen LogP) is 4.69. The standard InChI is InChI=1S/C29H26N2O7S/c32-29(30-21-11-13-23(14-12-21)37-22-8-2-1-3-9-22)38-26-18-36-27-25(17-35-28(26)27)31-39(33,34)24-15-10-19-6-4-5-7-20(19)16-24/h1-16,25-28,31H,17-18H2,(H,30,32). The Morgan fingerprint density at radius 1 is 0.769 bits per heavy atom. The maximum absolute atomic E-state index is 13.1. The molecule has 0 saturated carbocycles. The van der Waals surface area contributed by atoms with Crippen LogP contribution in [0, 0.1) is 0 Å². The Kier molecular flexibility index (Phi) is 6.92. The first kappa shape index (κ1) is 25.3. The van der Waals surface area contributed by atoms with Gasteiger partial charge in [0, 0.05) is 5.69 Å². The Morgan fingerprint density at radius 3 is 2.26 bits per heavy atom. The highest BCUT2D eigenvalue weighted by atomic mass is 32.2. The van der Waals surface area contributed by atoms with E-state index in [0.29, 0.717) is 17.2 Å². The van der Waals surface area contributed by atoms with E-state index in [9.17, 15) is 13.2 Å². The van der Waals surface area contributed by atoms with Crippen LogP contribution in [0.5, 0.6) is 11.5 Å². The third kappa shape index (κ3) is 5.59. The summed E-state index contributed by atoms with van der Waals surface area (Å²) in [6, 6.07) is 28.2. The molecule has 0 aromatic heterocycles. The fraction of sp³-hybridized carbons (Fsp3) is 0.207. The van der Waals surface area contributed by atoms with E-state index < -0.39 is 40.5 Å². The molecule has 0 radical (unpaired) electrons. The summed E-state index contributed by atoms with van der Waals surface area (Å²) in [6.07, 6.45) is -2.50. The number of carbonyl (C=O) groups is 1. The third-order valence-corrected chi connectivity index (χ3v) is 8.17. The Bertz CT molecular complexity index is 1580. The number of anilines is 1. The molecule has 2 fully saturated rings. The molecule has 4 aromatic rings. The molecule has 4 atom stereocenters. The van der Waals surface area contributed by atoms with Gasteiger partial charge in [0.1, 0.15) is 23.7 Å². The van der Waals surface area contributed by atoms with Gasteiger partial charge in [-0.1, -0.05) is 48.5 Å². The van der Waals surface area contributed by atoms with Crippen LogP contribution in [0.15, 0.2) is 102 Å². The van der Waals surface area contributed by atoms with Crippen LogP contribution in [-0.2, 0) is 24.2 Å². The minimum absolute atomic E-state index is 0.0980. The van der Waals surface area contributed by atoms with Crippen molar-refractivity contribution < 1.29 is 32.2 Å². The molecule has 4 aromatic carbocycles. The smallest absolute Gasteiger partial charge is 0.412 e. The summed E-state index contributed by atoms with van der Waals surface area (Å²) in [6.45, 7) is 0.202. The summed E-state index contributed by atoms with van der Waals surface area (Å²) in [7, 11) is -3.82. The van der Waals surface area contributed by atoms with Crippen molar-refractivity contribution in [2.75, 3.05) is 18.5 Å². The number of benzene rings is 4. The van der Waals surface area contributed by atoms with E-state index in [0.717, 1.165) is 10.8 Å². The second-order valence-electron chi connectivity index (χ2n) is 9.34. The normalized spacial score (nSPS) is 22.4. The summed E-state index contributed by atoms with van der Waals surface area (Å²) in [5.41, 5.74) is 0.532. The van der Waals surface area contributed by atoms with Gasteiger partial charge in [-0.05, 0) is 59.3 Å². The number of hydrogen-bond donors (Lipinski definition) is 2. The molecule has 0 spiro atoms. The van der Waals surface area contributed by atoms with Crippen LogP contribution in [0.1, 0.15) is 0 Å². The van der Waals surface area contributed by atoms with Crippen molar-refractivity contribution in [2.45, 2.75) is 29.2 Å². The van der Waals surface area contributed by atoms with Crippen LogP contribution in [-0.4, -0.2) is 52.1 Å². The molecule has 1 amide bonds. The van der Waals surface area contributed by atoms with Crippen LogP contribution >= 0.6 is 0 Å². The first-order valence-electron chi connectivity index (χ1n) is 12.5. The van der Waals surface area contributed by atoms with Gasteiger partial charge in [-0.3, -0.25) is 5.32 Å². The van der Waals surface area contributed by atoms with Crippen molar-refractivity contribution >= 4 is 32.6 Å². The quantitative estimate of drug-likeness (QED) is 0.346. The summed E-state index contributed by atoms with van der Waals surface area (Å²) in [5, 5.41) is 4.47. The largest absolute Gasteiger partial charge is 0.457 e. The van der Waals surface area contributed by atoms with Crippen LogP contribution in [0.2, 0.25) is 0 Å². The van der Waals surface area contributed by atoms with Gasteiger partial charge < -0.3 is 18.9 Å². The van der Waals surface area contributed by atoms with E-state index in [1.165, 1.54) is 0 Å². The maximum Gasteiger partial charge on any atom is 0.412 e. The lowest BCUT2D eigenvalue weighted by atomic mass is 10.1. The molecule has 2 saturated heterocycles. The predicted molar refractivity (Wildman–Crippen MR) is 144 cm³/mol. The van der Waals surface area contributed by atoms with Gasteiger partial charge in [0.2, 0.25) is 10.0 Å². The topological polar surface area (TPSA) is 112 Å². The van der Waals surface area contributed by atoms with E-state index in [1.54, 1.807) is 42.5 Å². The van der Waals surface area contributed by atoms with Crippen molar-refractivity contribution in [1.82, 2.24) is 4.72 Å². The molecule has 2 aliphatic heterocycles. The second-order valence-corrected chi connectivity index (χ2v) is 11.1. The van der Waals surface area contributed by atoms with Gasteiger partial charge >= 0.3 is 6.09 Å². The van der Waals surface area contributed by atoms with Crippen molar-refractivity contribution in [1.29, 1.82) is 0 Å². The summed E-state index contributed by atoms with van der Waals surface area (Å²) >= 11 is 0. The van der Waals surface area contributed by atoms with E-state index in [2.05, 4.69) is 10.0 Å². The van der Waals surface area contributed by atoms with Gasteiger partial charge in [0.15, 0.2) is 6.10 Å². The molecule has 2 N–H and O–H groups in total. The minimum atomic E-state index is -3.82. The van der Waals surface area contributed by atoms with Crippen molar-refractivity contribution in [3.8, 4) is 11.5 Å². The molecular weight excluding hydrogens is 520 g/mol. The van der Waals surface area contributed by atoms with Gasteiger partial charge in [-0.2, -0.15) is 0 Å². The molecule has 10 heteroatoms. The average molecular weight is 547 g/mol. The lowest BCUT2D eigenvalue weighted by Gasteiger charge is -2.18. The van der Waals surface area contributed by atoms with Crippen molar-refractivity contribution in [3.63, 3.8) is 0 Å². The summed E-state index contributed by atoms with van der Waals surface area (Å²) in [4.78, 5) is 12.7. The number of carbonyl (C=O) groups excluding carboxylic acids is 1. The zero-order valence-corrected chi connectivity index (χ0v) is 21.5. The van der Waals surface area contributed by atoms with E-state index in [1.807, 2.05) is 54.6 Å². The number of hydrogen-bond acceptors (Lipinski definition) is 7. The Labute approximate surface area is 225 Å². The SMILES string of the molecule is O=C(Nc1ccc(Oc2ccccc2)cc1)OC1COC2C(NS(=O)(=O)c3ccc4ccccc4c3)COC12. The van der Waals surface area contributed by atoms with E-state index in [-0.39, 0.29) is 18.1 Å². The molecular formula is C29H26N2O7S. The number of nitrogens with one attached hydrogen (secondary N) is 2. The Balaban J connectivity index is 1.04. The fourth-order valence-electron chi connectivity index (χ4n) is 4.78. The average Bonchev–Trinajstić information content (AvgIpc) is 3.53. The number of fused-ring (bicyclic) bond motifs is 2. The summed E-state index contributed by atoms with van der Waals surface area (Å²) in [5.74, 6) is 1.34. The highest BCUT2D eigenvalue weighted by Gasteiger charge is 2.50. The lowest BCUT2D eigenvalue weighted by molar-refractivity contribution is 0.00883. The summed E-state index contributed by atoms with van der Waals surface area (Å²) < 4.78 is 51.8. The zero-order chi connectivity index (χ0) is 26.8. The number of amides is 1. The second kappa shape index (κ2) is 10.7. The fourth-order valence-corrected chi connectivity index (χ4v) is 6.05. The first-order chi connectivity index (χ1) is 18.9. The molecule has 6 rings (SSSR count). The molecule has 0 bridgehead atoms. The minimum Gasteiger partial charge on any atom is -0.457 e. The van der Waals surface area contributed by atoms with Crippen LogP contribution < -0.4 is 14.8 Å². The van der Waals surface area contributed by atoms with Crippen molar-refractivity contribution in [3.05, 3.63) is 97.1 Å². The molecule has 2 heterocycles. The molecule has 0 aliphatic carbocycles. The number of ether oxygens (including phenoxy) is 4.